The van der Waals surface area contributed by atoms with Gasteiger partial charge in [0.1, 0.15) is 12.4 Å². The number of hydrogen-bond acceptors (Lipinski definition) is 4. The molecule has 1 fully saturated rings. The van der Waals surface area contributed by atoms with Gasteiger partial charge in [-0.15, -0.1) is 0 Å². The van der Waals surface area contributed by atoms with Gasteiger partial charge in [-0.2, -0.15) is 0 Å². The summed E-state index contributed by atoms with van der Waals surface area (Å²) in [4.78, 5) is 11.4. The van der Waals surface area contributed by atoms with Gasteiger partial charge in [-0.3, -0.25) is 0 Å². The Kier molecular flexibility index (Phi) is 3.02. The average Bonchev–Trinajstić information content (AvgIpc) is 2.90. The Labute approximate surface area is 104 Å². The molecule has 0 spiro atoms. The van der Waals surface area contributed by atoms with Crippen molar-refractivity contribution in [1.82, 2.24) is 0 Å². The zero-order chi connectivity index (χ0) is 12.4. The zero-order valence-corrected chi connectivity index (χ0v) is 9.93. The molecular formula is C14H14O4. The summed E-state index contributed by atoms with van der Waals surface area (Å²) in [5.41, 5.74) is -0.321. The zero-order valence-electron chi connectivity index (χ0n) is 9.93. The molecule has 1 aliphatic heterocycles. The molecule has 2 aromatic rings. The first-order valence-corrected chi connectivity index (χ1v) is 6.09. The second kappa shape index (κ2) is 4.82. The van der Waals surface area contributed by atoms with Crippen LogP contribution in [0.3, 0.4) is 0 Å². The predicted molar refractivity (Wildman–Crippen MR) is 67.0 cm³/mol. The van der Waals surface area contributed by atoms with E-state index in [1.165, 1.54) is 6.26 Å². The van der Waals surface area contributed by atoms with Crippen LogP contribution >= 0.6 is 0 Å². The van der Waals surface area contributed by atoms with Crippen LogP contribution in [0.1, 0.15) is 12.8 Å². The molecule has 0 bridgehead atoms. The summed E-state index contributed by atoms with van der Waals surface area (Å²) in [5.74, 6) is 0.753. The van der Waals surface area contributed by atoms with Crippen LogP contribution in [0.15, 0.2) is 39.7 Å². The van der Waals surface area contributed by atoms with E-state index in [2.05, 4.69) is 0 Å². The van der Waals surface area contributed by atoms with Crippen molar-refractivity contribution >= 4 is 10.8 Å². The van der Waals surface area contributed by atoms with Crippen LogP contribution in [-0.4, -0.2) is 19.3 Å². The molecule has 1 aromatic heterocycles. The number of rotatable bonds is 3. The van der Waals surface area contributed by atoms with E-state index in [0.29, 0.717) is 12.0 Å². The molecule has 1 atom stereocenters. The van der Waals surface area contributed by atoms with E-state index in [1.54, 1.807) is 18.2 Å². The van der Waals surface area contributed by atoms with Crippen LogP contribution in [0, 0.1) is 0 Å². The lowest BCUT2D eigenvalue weighted by molar-refractivity contribution is 0.0680. The van der Waals surface area contributed by atoms with Crippen molar-refractivity contribution in [2.45, 2.75) is 18.9 Å². The Hall–Kier alpha value is -1.81. The standard InChI is InChI=1S/C14H14O4/c15-14-13-4-3-11(8-10(13)5-7-17-14)18-9-12-2-1-6-16-12/h3-5,7-8,12H,1-2,6,9H2. The SMILES string of the molecule is O=c1occc2cc(OCC3CCCO3)ccc12. The highest BCUT2D eigenvalue weighted by Gasteiger charge is 2.16. The van der Waals surface area contributed by atoms with Gasteiger partial charge in [0.2, 0.25) is 0 Å². The maximum absolute atomic E-state index is 11.4. The van der Waals surface area contributed by atoms with Gasteiger partial charge in [0.05, 0.1) is 17.8 Å². The molecule has 0 radical (unpaired) electrons. The van der Waals surface area contributed by atoms with Gasteiger partial charge in [0, 0.05) is 6.61 Å². The Balaban J connectivity index is 1.78. The highest BCUT2D eigenvalue weighted by molar-refractivity contribution is 5.82. The molecule has 4 nitrogen and oxygen atoms in total. The van der Waals surface area contributed by atoms with Crippen molar-refractivity contribution < 1.29 is 13.9 Å². The summed E-state index contributed by atoms with van der Waals surface area (Å²) in [5, 5.41) is 1.40. The summed E-state index contributed by atoms with van der Waals surface area (Å²) in [6.07, 6.45) is 3.75. The van der Waals surface area contributed by atoms with E-state index in [4.69, 9.17) is 13.9 Å². The molecule has 1 aromatic carbocycles. The molecule has 2 heterocycles. The third-order valence-corrected chi connectivity index (χ3v) is 3.13. The van der Waals surface area contributed by atoms with Crippen LogP contribution < -0.4 is 10.4 Å². The summed E-state index contributed by atoms with van der Waals surface area (Å²) >= 11 is 0. The van der Waals surface area contributed by atoms with Crippen molar-refractivity contribution in [3.63, 3.8) is 0 Å². The second-order valence-electron chi connectivity index (χ2n) is 4.40. The molecule has 1 aliphatic rings. The smallest absolute Gasteiger partial charge is 0.343 e. The van der Waals surface area contributed by atoms with E-state index in [9.17, 15) is 4.79 Å². The second-order valence-corrected chi connectivity index (χ2v) is 4.40. The molecule has 1 saturated heterocycles. The largest absolute Gasteiger partial charge is 0.491 e. The van der Waals surface area contributed by atoms with Crippen LogP contribution in [0.25, 0.3) is 10.8 Å². The maximum Gasteiger partial charge on any atom is 0.343 e. The van der Waals surface area contributed by atoms with Crippen molar-refractivity contribution in [1.29, 1.82) is 0 Å². The van der Waals surface area contributed by atoms with Crippen LogP contribution in [0.5, 0.6) is 5.75 Å². The lowest BCUT2D eigenvalue weighted by atomic mass is 10.2. The van der Waals surface area contributed by atoms with Crippen LogP contribution in [-0.2, 0) is 4.74 Å². The lowest BCUT2D eigenvalue weighted by Crippen LogP contribution is -2.16. The van der Waals surface area contributed by atoms with Crippen molar-refractivity contribution in [2.24, 2.45) is 0 Å². The highest BCUT2D eigenvalue weighted by atomic mass is 16.5. The monoisotopic (exact) mass is 246 g/mol. The quantitative estimate of drug-likeness (QED) is 0.834. The number of fused-ring (bicyclic) bond motifs is 1. The van der Waals surface area contributed by atoms with Gasteiger partial charge in [-0.25, -0.2) is 4.79 Å². The molecule has 4 heteroatoms. The first kappa shape index (κ1) is 11.3. The summed E-state index contributed by atoms with van der Waals surface area (Å²) in [6.45, 7) is 1.39. The minimum absolute atomic E-state index is 0.196. The Morgan fingerprint density at radius 1 is 1.33 bits per heavy atom. The molecule has 18 heavy (non-hydrogen) atoms. The van der Waals surface area contributed by atoms with E-state index < -0.39 is 0 Å². The minimum Gasteiger partial charge on any atom is -0.491 e. The Morgan fingerprint density at radius 3 is 3.11 bits per heavy atom. The topological polar surface area (TPSA) is 48.7 Å². The maximum atomic E-state index is 11.4. The van der Waals surface area contributed by atoms with E-state index in [-0.39, 0.29) is 11.7 Å². The number of ether oxygens (including phenoxy) is 2. The molecule has 0 N–H and O–H groups in total. The Bertz CT molecular complexity index is 596. The van der Waals surface area contributed by atoms with E-state index >= 15 is 0 Å². The highest BCUT2D eigenvalue weighted by Crippen LogP contribution is 2.20. The fraction of sp³-hybridized carbons (Fsp3) is 0.357. The Morgan fingerprint density at radius 2 is 2.28 bits per heavy atom. The predicted octanol–water partition coefficient (Wildman–Crippen LogP) is 2.35. The van der Waals surface area contributed by atoms with Gasteiger partial charge in [-0.05, 0) is 42.5 Å². The minimum atomic E-state index is -0.321. The van der Waals surface area contributed by atoms with Crippen molar-refractivity contribution in [3.05, 3.63) is 40.9 Å². The van der Waals surface area contributed by atoms with Gasteiger partial charge >= 0.3 is 5.63 Å². The summed E-state index contributed by atoms with van der Waals surface area (Å²) in [6, 6.07) is 7.12. The molecule has 3 rings (SSSR count). The number of hydrogen-bond donors (Lipinski definition) is 0. The van der Waals surface area contributed by atoms with E-state index in [1.807, 2.05) is 6.07 Å². The average molecular weight is 246 g/mol. The molecule has 94 valence electrons. The van der Waals surface area contributed by atoms with Gasteiger partial charge in [0.25, 0.3) is 0 Å². The third-order valence-electron chi connectivity index (χ3n) is 3.13. The van der Waals surface area contributed by atoms with Crippen LogP contribution in [0.2, 0.25) is 0 Å². The van der Waals surface area contributed by atoms with Crippen molar-refractivity contribution in [2.75, 3.05) is 13.2 Å². The molecule has 0 aliphatic carbocycles. The van der Waals surface area contributed by atoms with Crippen LogP contribution in [0.4, 0.5) is 0 Å². The number of benzene rings is 1. The van der Waals surface area contributed by atoms with Crippen molar-refractivity contribution in [3.8, 4) is 5.75 Å². The first-order chi connectivity index (χ1) is 8.83. The fourth-order valence-electron chi connectivity index (χ4n) is 2.15. The molecular weight excluding hydrogens is 232 g/mol. The molecule has 0 amide bonds. The lowest BCUT2D eigenvalue weighted by Gasteiger charge is -2.11. The molecule has 1 unspecified atom stereocenters. The van der Waals surface area contributed by atoms with Gasteiger partial charge in [-0.1, -0.05) is 0 Å². The normalized spacial score (nSPS) is 19.2. The van der Waals surface area contributed by atoms with Gasteiger partial charge < -0.3 is 13.9 Å². The summed E-state index contributed by atoms with van der Waals surface area (Å²) < 4.78 is 16.0. The summed E-state index contributed by atoms with van der Waals surface area (Å²) in [7, 11) is 0. The first-order valence-electron chi connectivity index (χ1n) is 6.09. The third kappa shape index (κ3) is 2.24. The van der Waals surface area contributed by atoms with E-state index in [0.717, 1.165) is 30.6 Å². The van der Waals surface area contributed by atoms with Gasteiger partial charge in [0.15, 0.2) is 0 Å². The fourth-order valence-corrected chi connectivity index (χ4v) is 2.15. The molecule has 0 saturated carbocycles.